The normalized spacial score (nSPS) is 18.9. The fourth-order valence-corrected chi connectivity index (χ4v) is 4.23. The van der Waals surface area contributed by atoms with Crippen LogP contribution in [0.15, 0.2) is 30.6 Å². The predicted molar refractivity (Wildman–Crippen MR) is 112 cm³/mol. The molecule has 0 saturated carbocycles. The van der Waals surface area contributed by atoms with E-state index in [1.54, 1.807) is 47.1 Å². The number of rotatable bonds is 3. The highest BCUT2D eigenvalue weighted by Crippen LogP contribution is 2.40. The SMILES string of the molecule is C.Cc1cnn(Cc2nc3cnc4ccc(Cl)cc4c3n2C2CN(C)CC2(F)F)n1. The van der Waals surface area contributed by atoms with Gasteiger partial charge < -0.3 is 4.57 Å². The first-order chi connectivity index (χ1) is 13.8. The lowest BCUT2D eigenvalue weighted by atomic mass is 10.1. The maximum Gasteiger partial charge on any atom is 0.282 e. The van der Waals surface area contributed by atoms with Gasteiger partial charge in [-0.25, -0.2) is 13.8 Å². The summed E-state index contributed by atoms with van der Waals surface area (Å²) >= 11 is 6.21. The van der Waals surface area contributed by atoms with E-state index in [0.717, 1.165) is 5.69 Å². The molecule has 4 aromatic rings. The van der Waals surface area contributed by atoms with Crippen molar-refractivity contribution in [3.05, 3.63) is 47.1 Å². The molecule has 1 fully saturated rings. The van der Waals surface area contributed by atoms with Crippen molar-refractivity contribution in [2.75, 3.05) is 20.1 Å². The van der Waals surface area contributed by atoms with Crippen molar-refractivity contribution in [2.45, 2.75) is 32.9 Å². The summed E-state index contributed by atoms with van der Waals surface area (Å²) in [6.45, 7) is 1.91. The zero-order valence-corrected chi connectivity index (χ0v) is 16.6. The summed E-state index contributed by atoms with van der Waals surface area (Å²) < 4.78 is 31.6. The van der Waals surface area contributed by atoms with Crippen LogP contribution in [0.4, 0.5) is 8.78 Å². The van der Waals surface area contributed by atoms with Gasteiger partial charge in [0.2, 0.25) is 0 Å². The summed E-state index contributed by atoms with van der Waals surface area (Å²) in [7, 11) is 1.70. The number of nitrogens with zero attached hydrogens (tertiary/aromatic N) is 7. The third-order valence-corrected chi connectivity index (χ3v) is 5.48. The van der Waals surface area contributed by atoms with Gasteiger partial charge in [-0.2, -0.15) is 15.0 Å². The molecule has 5 rings (SSSR count). The van der Waals surface area contributed by atoms with E-state index in [2.05, 4.69) is 20.2 Å². The lowest BCUT2D eigenvalue weighted by Gasteiger charge is -2.22. The zero-order chi connectivity index (χ0) is 20.3. The minimum absolute atomic E-state index is 0. The van der Waals surface area contributed by atoms with Crippen LogP contribution in [0.5, 0.6) is 0 Å². The largest absolute Gasteiger partial charge is 0.315 e. The van der Waals surface area contributed by atoms with Crippen molar-refractivity contribution in [3.63, 3.8) is 0 Å². The van der Waals surface area contributed by atoms with E-state index >= 15 is 0 Å². The van der Waals surface area contributed by atoms with Gasteiger partial charge in [-0.1, -0.05) is 19.0 Å². The van der Waals surface area contributed by atoms with Crippen LogP contribution in [0.3, 0.4) is 0 Å². The van der Waals surface area contributed by atoms with Crippen LogP contribution in [-0.2, 0) is 6.54 Å². The third kappa shape index (κ3) is 3.31. The smallest absolute Gasteiger partial charge is 0.282 e. The van der Waals surface area contributed by atoms with E-state index < -0.39 is 12.0 Å². The summed E-state index contributed by atoms with van der Waals surface area (Å²) in [6.07, 6.45) is 3.24. The van der Waals surface area contributed by atoms with Crippen LogP contribution in [0, 0.1) is 6.92 Å². The van der Waals surface area contributed by atoms with Crippen molar-refractivity contribution < 1.29 is 8.78 Å². The summed E-state index contributed by atoms with van der Waals surface area (Å²) in [6, 6.07) is 4.21. The predicted octanol–water partition coefficient (Wildman–Crippen LogP) is 3.94. The molecule has 1 aliphatic heterocycles. The van der Waals surface area contributed by atoms with Gasteiger partial charge in [0.25, 0.3) is 5.92 Å². The number of benzene rings is 1. The summed E-state index contributed by atoms with van der Waals surface area (Å²) in [5.41, 5.74) is 2.58. The number of likely N-dealkylation sites (N-methyl/N-ethyl adjacent to an activating group) is 1. The number of fused-ring (bicyclic) bond motifs is 3. The van der Waals surface area contributed by atoms with Crippen LogP contribution in [0.25, 0.3) is 21.9 Å². The van der Waals surface area contributed by atoms with Gasteiger partial charge in [0.05, 0.1) is 35.7 Å². The lowest BCUT2D eigenvalue weighted by Crippen LogP contribution is -2.31. The fourth-order valence-electron chi connectivity index (χ4n) is 4.06. The van der Waals surface area contributed by atoms with E-state index in [0.29, 0.717) is 32.8 Å². The summed E-state index contributed by atoms with van der Waals surface area (Å²) in [4.78, 5) is 12.2. The van der Waals surface area contributed by atoms with E-state index in [1.807, 2.05) is 6.92 Å². The number of aromatic nitrogens is 6. The standard InChI is InChI=1S/C19H18ClF2N7.CH4/c1-11-6-24-28(26-11)9-17-25-15-7-23-14-4-3-12(20)5-13(14)18(15)29(17)16-8-27(2)10-19(16,21)22;/h3-7,16H,8-10H2,1-2H3;1H4. The van der Waals surface area contributed by atoms with Gasteiger partial charge >= 0.3 is 0 Å². The Bertz CT molecular complexity index is 1230. The maximum absolute atomic E-state index is 15.0. The highest BCUT2D eigenvalue weighted by molar-refractivity contribution is 6.31. The van der Waals surface area contributed by atoms with E-state index in [9.17, 15) is 8.78 Å². The topological polar surface area (TPSA) is 64.7 Å². The quantitative estimate of drug-likeness (QED) is 0.489. The molecule has 1 aliphatic rings. The van der Waals surface area contributed by atoms with E-state index in [-0.39, 0.29) is 27.1 Å². The van der Waals surface area contributed by atoms with Crippen LogP contribution < -0.4 is 0 Å². The molecular weight excluding hydrogens is 412 g/mol. The van der Waals surface area contributed by atoms with Gasteiger partial charge in [-0.05, 0) is 32.2 Å². The number of likely N-dealkylation sites (tertiary alicyclic amines) is 1. The van der Waals surface area contributed by atoms with Crippen LogP contribution >= 0.6 is 11.6 Å². The maximum atomic E-state index is 15.0. The molecule has 0 amide bonds. The molecule has 0 radical (unpaired) electrons. The second-order valence-corrected chi connectivity index (χ2v) is 7.98. The minimum atomic E-state index is -2.90. The molecule has 0 spiro atoms. The van der Waals surface area contributed by atoms with Crippen molar-refractivity contribution in [3.8, 4) is 0 Å². The lowest BCUT2D eigenvalue weighted by molar-refractivity contribution is -0.0202. The number of halogens is 3. The number of pyridine rings is 1. The van der Waals surface area contributed by atoms with E-state index in [1.165, 1.54) is 4.80 Å². The zero-order valence-electron chi connectivity index (χ0n) is 15.8. The summed E-state index contributed by atoms with van der Waals surface area (Å²) in [5, 5.41) is 9.70. The van der Waals surface area contributed by atoms with E-state index in [4.69, 9.17) is 11.6 Å². The Kier molecular flexibility index (Phi) is 4.98. The van der Waals surface area contributed by atoms with Crippen LogP contribution in [0.2, 0.25) is 5.02 Å². The molecule has 30 heavy (non-hydrogen) atoms. The Labute approximate surface area is 177 Å². The molecule has 0 aliphatic carbocycles. The molecule has 0 N–H and O–H groups in total. The third-order valence-electron chi connectivity index (χ3n) is 5.25. The Morgan fingerprint density at radius 2 is 2.03 bits per heavy atom. The number of alkyl halides is 2. The van der Waals surface area contributed by atoms with Crippen LogP contribution in [0.1, 0.15) is 25.0 Å². The van der Waals surface area contributed by atoms with Crippen molar-refractivity contribution in [1.29, 1.82) is 0 Å². The number of hydrogen-bond donors (Lipinski definition) is 0. The Hall–Kier alpha value is -2.65. The average Bonchev–Trinajstić information content (AvgIpc) is 3.29. The van der Waals surface area contributed by atoms with Crippen molar-refractivity contribution in [2.24, 2.45) is 0 Å². The molecule has 0 bridgehead atoms. The van der Waals surface area contributed by atoms with Crippen LogP contribution in [-0.4, -0.2) is 60.5 Å². The first-order valence-electron chi connectivity index (χ1n) is 9.20. The molecule has 3 aromatic heterocycles. The molecule has 10 heteroatoms. The van der Waals surface area contributed by atoms with Gasteiger partial charge in [-0.3, -0.25) is 9.88 Å². The average molecular weight is 434 g/mol. The Balaban J connectivity index is 0.00000218. The Morgan fingerprint density at radius 3 is 2.70 bits per heavy atom. The molecule has 4 heterocycles. The first kappa shape index (κ1) is 20.6. The van der Waals surface area contributed by atoms with Crippen molar-refractivity contribution >= 4 is 33.5 Å². The minimum Gasteiger partial charge on any atom is -0.315 e. The molecule has 158 valence electrons. The van der Waals surface area contributed by atoms with Gasteiger partial charge in [0.1, 0.15) is 23.9 Å². The second kappa shape index (κ2) is 7.24. The number of imidazole rings is 1. The van der Waals surface area contributed by atoms with Crippen molar-refractivity contribution in [1.82, 2.24) is 34.4 Å². The first-order valence-corrected chi connectivity index (χ1v) is 9.58. The highest BCUT2D eigenvalue weighted by Gasteiger charge is 2.49. The molecule has 7 nitrogen and oxygen atoms in total. The van der Waals surface area contributed by atoms with Gasteiger partial charge in [0.15, 0.2) is 0 Å². The molecule has 1 atom stereocenters. The van der Waals surface area contributed by atoms with Gasteiger partial charge in [0, 0.05) is 17.0 Å². The molecular formula is C20H22ClF2N7. The molecule has 1 unspecified atom stereocenters. The highest BCUT2D eigenvalue weighted by atomic mass is 35.5. The fraction of sp³-hybridized carbons (Fsp3) is 0.400. The molecule has 1 saturated heterocycles. The monoisotopic (exact) mass is 433 g/mol. The number of aryl methyl sites for hydroxylation is 1. The molecule has 1 aromatic carbocycles. The Morgan fingerprint density at radius 1 is 1.23 bits per heavy atom. The summed E-state index contributed by atoms with van der Waals surface area (Å²) in [5.74, 6) is -2.44. The second-order valence-electron chi connectivity index (χ2n) is 7.54. The number of hydrogen-bond acceptors (Lipinski definition) is 5. The van der Waals surface area contributed by atoms with Gasteiger partial charge in [-0.15, -0.1) is 0 Å².